The monoisotopic (exact) mass is 386 g/mol. The molecule has 4 rings (SSSR count). The average Bonchev–Trinajstić information content (AvgIpc) is 3.10. The SMILES string of the molecule is CNC(=O)c1cc(C(=O)N[C@H]2[C@@H]3COC[C@@H]32)n([C@@H](C)c2ccc(C)c(F)c2)n1. The molecule has 1 aromatic heterocycles. The fourth-order valence-corrected chi connectivity index (χ4v) is 3.79. The maximum Gasteiger partial charge on any atom is 0.271 e. The Labute approximate surface area is 162 Å². The number of nitrogens with one attached hydrogen (secondary N) is 2. The zero-order valence-electron chi connectivity index (χ0n) is 16.0. The van der Waals surface area contributed by atoms with Gasteiger partial charge in [0.05, 0.1) is 19.3 Å². The second kappa shape index (κ2) is 7.01. The minimum absolute atomic E-state index is 0.0974. The minimum atomic E-state index is -0.420. The van der Waals surface area contributed by atoms with Gasteiger partial charge in [-0.1, -0.05) is 12.1 Å². The molecule has 148 valence electrons. The van der Waals surface area contributed by atoms with E-state index >= 15 is 0 Å². The smallest absolute Gasteiger partial charge is 0.271 e. The molecule has 1 aromatic carbocycles. The molecule has 0 unspecified atom stereocenters. The van der Waals surface area contributed by atoms with Crippen molar-refractivity contribution < 1.29 is 18.7 Å². The predicted octanol–water partition coefficient (Wildman–Crippen LogP) is 1.67. The summed E-state index contributed by atoms with van der Waals surface area (Å²) in [6.45, 7) is 4.84. The van der Waals surface area contributed by atoms with Crippen LogP contribution in [0.15, 0.2) is 24.3 Å². The molecular formula is C20H23FN4O3. The fourth-order valence-electron chi connectivity index (χ4n) is 3.79. The van der Waals surface area contributed by atoms with Gasteiger partial charge in [0, 0.05) is 31.0 Å². The summed E-state index contributed by atoms with van der Waals surface area (Å²) in [5.41, 5.74) is 1.63. The summed E-state index contributed by atoms with van der Waals surface area (Å²) < 4.78 is 20.9. The average molecular weight is 386 g/mol. The molecule has 1 aliphatic carbocycles. The number of hydrogen-bond donors (Lipinski definition) is 2. The van der Waals surface area contributed by atoms with Crippen molar-refractivity contribution in [2.45, 2.75) is 25.9 Å². The van der Waals surface area contributed by atoms with Gasteiger partial charge in [-0.3, -0.25) is 14.3 Å². The van der Waals surface area contributed by atoms with Crippen molar-refractivity contribution in [1.29, 1.82) is 0 Å². The Morgan fingerprint density at radius 1 is 1.25 bits per heavy atom. The minimum Gasteiger partial charge on any atom is -0.381 e. The van der Waals surface area contributed by atoms with Crippen LogP contribution in [0, 0.1) is 24.6 Å². The quantitative estimate of drug-likeness (QED) is 0.819. The van der Waals surface area contributed by atoms with E-state index in [1.54, 1.807) is 19.1 Å². The summed E-state index contributed by atoms with van der Waals surface area (Å²) in [7, 11) is 1.51. The lowest BCUT2D eigenvalue weighted by Crippen LogP contribution is -2.32. The Morgan fingerprint density at radius 3 is 2.61 bits per heavy atom. The Bertz CT molecular complexity index is 932. The third-order valence-corrected chi connectivity index (χ3v) is 5.72. The van der Waals surface area contributed by atoms with Gasteiger partial charge in [-0.05, 0) is 31.0 Å². The Kier molecular flexibility index (Phi) is 4.66. The molecule has 7 nitrogen and oxygen atoms in total. The van der Waals surface area contributed by atoms with Crippen LogP contribution in [0.5, 0.6) is 0 Å². The van der Waals surface area contributed by atoms with Crippen molar-refractivity contribution in [2.75, 3.05) is 20.3 Å². The van der Waals surface area contributed by atoms with E-state index in [0.29, 0.717) is 36.2 Å². The van der Waals surface area contributed by atoms with Crippen molar-refractivity contribution in [3.8, 4) is 0 Å². The number of benzene rings is 1. The fraction of sp³-hybridized carbons (Fsp3) is 0.450. The lowest BCUT2D eigenvalue weighted by molar-refractivity contribution is 0.0915. The topological polar surface area (TPSA) is 85.3 Å². The molecule has 2 amide bonds. The van der Waals surface area contributed by atoms with E-state index in [1.807, 2.05) is 6.92 Å². The summed E-state index contributed by atoms with van der Waals surface area (Å²) in [6.07, 6.45) is 0. The lowest BCUT2D eigenvalue weighted by atomic mass is 10.1. The predicted molar refractivity (Wildman–Crippen MR) is 99.6 cm³/mol. The normalized spacial score (nSPS) is 23.8. The van der Waals surface area contributed by atoms with E-state index < -0.39 is 6.04 Å². The van der Waals surface area contributed by atoms with Crippen LogP contribution >= 0.6 is 0 Å². The van der Waals surface area contributed by atoms with Crippen molar-refractivity contribution in [2.24, 2.45) is 11.8 Å². The number of amides is 2. The Balaban J connectivity index is 1.64. The zero-order chi connectivity index (χ0) is 20.0. The van der Waals surface area contributed by atoms with Crippen LogP contribution in [0.4, 0.5) is 4.39 Å². The van der Waals surface area contributed by atoms with Crippen molar-refractivity contribution in [1.82, 2.24) is 20.4 Å². The molecule has 1 aliphatic heterocycles. The maximum atomic E-state index is 14.0. The summed E-state index contributed by atoms with van der Waals surface area (Å²) in [4.78, 5) is 25.0. The van der Waals surface area contributed by atoms with Gasteiger partial charge in [-0.15, -0.1) is 0 Å². The van der Waals surface area contributed by atoms with Crippen LogP contribution in [0.2, 0.25) is 0 Å². The molecule has 1 saturated carbocycles. The van der Waals surface area contributed by atoms with E-state index in [0.717, 1.165) is 0 Å². The molecule has 2 N–H and O–H groups in total. The molecule has 28 heavy (non-hydrogen) atoms. The van der Waals surface area contributed by atoms with Gasteiger partial charge in [0.15, 0.2) is 5.69 Å². The van der Waals surface area contributed by atoms with Gasteiger partial charge in [0.1, 0.15) is 11.5 Å². The van der Waals surface area contributed by atoms with E-state index in [1.165, 1.54) is 23.9 Å². The van der Waals surface area contributed by atoms with Gasteiger partial charge < -0.3 is 15.4 Å². The second-order valence-corrected chi connectivity index (χ2v) is 7.49. The maximum absolute atomic E-state index is 14.0. The van der Waals surface area contributed by atoms with Crippen LogP contribution in [0.3, 0.4) is 0 Å². The third-order valence-electron chi connectivity index (χ3n) is 5.72. The number of rotatable bonds is 5. The number of carbonyl (C=O) groups is 2. The van der Waals surface area contributed by atoms with Crippen LogP contribution in [0.25, 0.3) is 0 Å². The first-order valence-corrected chi connectivity index (χ1v) is 9.37. The highest BCUT2D eigenvalue weighted by atomic mass is 19.1. The second-order valence-electron chi connectivity index (χ2n) is 7.49. The molecule has 4 atom stereocenters. The number of fused-ring (bicyclic) bond motifs is 1. The van der Waals surface area contributed by atoms with Crippen LogP contribution in [0.1, 0.15) is 45.1 Å². The van der Waals surface area contributed by atoms with E-state index in [2.05, 4.69) is 15.7 Å². The molecule has 2 heterocycles. The summed E-state index contributed by atoms with van der Waals surface area (Å²) >= 11 is 0. The van der Waals surface area contributed by atoms with E-state index in [4.69, 9.17) is 4.74 Å². The molecular weight excluding hydrogens is 363 g/mol. The van der Waals surface area contributed by atoms with Crippen LogP contribution in [-0.4, -0.2) is 47.9 Å². The molecule has 8 heteroatoms. The first kappa shape index (κ1) is 18.6. The van der Waals surface area contributed by atoms with Gasteiger partial charge in [0.25, 0.3) is 11.8 Å². The molecule has 2 aliphatic rings. The highest BCUT2D eigenvalue weighted by Gasteiger charge is 2.55. The highest BCUT2D eigenvalue weighted by Crippen LogP contribution is 2.44. The molecule has 0 bridgehead atoms. The molecule has 1 saturated heterocycles. The summed E-state index contributed by atoms with van der Waals surface area (Å²) in [6, 6.07) is 6.08. The number of halogens is 1. The van der Waals surface area contributed by atoms with Gasteiger partial charge >= 0.3 is 0 Å². The number of ether oxygens (including phenoxy) is 1. The van der Waals surface area contributed by atoms with E-state index in [-0.39, 0.29) is 35.1 Å². The van der Waals surface area contributed by atoms with Crippen molar-refractivity contribution >= 4 is 11.8 Å². The number of aryl methyl sites for hydroxylation is 1. The number of carbonyl (C=O) groups excluding carboxylic acids is 2. The van der Waals surface area contributed by atoms with Gasteiger partial charge in [0.2, 0.25) is 0 Å². The molecule has 2 fully saturated rings. The van der Waals surface area contributed by atoms with E-state index in [9.17, 15) is 14.0 Å². The summed E-state index contributed by atoms with van der Waals surface area (Å²) in [5, 5.41) is 9.87. The number of nitrogens with zero attached hydrogens (tertiary/aromatic N) is 2. The number of hydrogen-bond acceptors (Lipinski definition) is 4. The van der Waals surface area contributed by atoms with Crippen LogP contribution in [-0.2, 0) is 4.74 Å². The number of aromatic nitrogens is 2. The molecule has 0 radical (unpaired) electrons. The van der Waals surface area contributed by atoms with Crippen LogP contribution < -0.4 is 10.6 Å². The largest absolute Gasteiger partial charge is 0.381 e. The standard InChI is InChI=1S/C20H23FN4O3/c1-10-4-5-12(6-15(10)21)11(2)25-17(7-16(24-25)19(26)22-3)20(27)23-18-13-8-28-9-14(13)18/h4-7,11,13-14,18H,8-9H2,1-3H3,(H,22,26)(H,23,27)/t11-,13-,14+,18+/m0/s1. The summed E-state index contributed by atoms with van der Waals surface area (Å²) in [5.74, 6) is -0.266. The Hall–Kier alpha value is -2.74. The lowest BCUT2D eigenvalue weighted by Gasteiger charge is -2.17. The highest BCUT2D eigenvalue weighted by molar-refractivity contribution is 5.98. The molecule has 0 spiro atoms. The Morgan fingerprint density at radius 2 is 1.96 bits per heavy atom. The van der Waals surface area contributed by atoms with Crippen molar-refractivity contribution in [3.05, 3.63) is 52.6 Å². The van der Waals surface area contributed by atoms with Crippen molar-refractivity contribution in [3.63, 3.8) is 0 Å². The van der Waals surface area contributed by atoms with Gasteiger partial charge in [-0.25, -0.2) is 4.39 Å². The first-order valence-electron chi connectivity index (χ1n) is 9.37. The third kappa shape index (κ3) is 3.17. The van der Waals surface area contributed by atoms with Gasteiger partial charge in [-0.2, -0.15) is 5.10 Å². The molecule has 2 aromatic rings. The zero-order valence-corrected chi connectivity index (χ0v) is 16.0. The first-order chi connectivity index (χ1) is 13.4.